The van der Waals surface area contributed by atoms with Gasteiger partial charge in [-0.3, -0.25) is 9.59 Å². The van der Waals surface area contributed by atoms with Gasteiger partial charge in [0.25, 0.3) is 0 Å². The first kappa shape index (κ1) is 33.7. The summed E-state index contributed by atoms with van der Waals surface area (Å²) in [5.74, 6) is -0.224. The highest BCUT2D eigenvalue weighted by Gasteiger charge is 2.17. The third-order valence-corrected chi connectivity index (χ3v) is 8.56. The fourth-order valence-corrected chi connectivity index (χ4v) is 5.69. The van der Waals surface area contributed by atoms with Crippen LogP contribution in [0.2, 0.25) is 0 Å². The SMILES string of the molecule is C[C@H](CC(=O)Oc1ccccc1N=Nc1ccccc1OC(=O)C[C@H](C)c1ccc(-c2ccccc2)cc1)c1ccc(-c2ccccc2)cc1. The molecule has 6 aromatic carbocycles. The molecule has 50 heavy (non-hydrogen) atoms. The Morgan fingerprint density at radius 1 is 0.440 bits per heavy atom. The number of carbonyl (C=O) groups excluding carboxylic acids is 2. The predicted octanol–water partition coefficient (Wildman–Crippen LogP) is 11.6. The number of hydrogen-bond acceptors (Lipinski definition) is 6. The van der Waals surface area contributed by atoms with Gasteiger partial charge >= 0.3 is 11.9 Å². The molecule has 6 heteroatoms. The molecule has 0 amide bonds. The number of nitrogens with zero attached hydrogens (tertiary/aromatic N) is 2. The lowest BCUT2D eigenvalue weighted by molar-refractivity contribution is -0.135. The van der Waals surface area contributed by atoms with Gasteiger partial charge in [0.1, 0.15) is 11.4 Å². The highest BCUT2D eigenvalue weighted by Crippen LogP contribution is 2.34. The van der Waals surface area contributed by atoms with E-state index in [-0.39, 0.29) is 36.6 Å². The number of azo groups is 1. The van der Waals surface area contributed by atoms with Crippen molar-refractivity contribution < 1.29 is 19.1 Å². The van der Waals surface area contributed by atoms with Crippen LogP contribution in [-0.4, -0.2) is 11.9 Å². The highest BCUT2D eigenvalue weighted by atomic mass is 16.5. The van der Waals surface area contributed by atoms with Crippen LogP contribution in [-0.2, 0) is 9.59 Å². The lowest BCUT2D eigenvalue weighted by Crippen LogP contribution is -2.11. The number of ether oxygens (including phenoxy) is 2. The molecule has 0 fully saturated rings. The minimum atomic E-state index is -0.370. The second kappa shape index (κ2) is 16.3. The third kappa shape index (κ3) is 8.85. The van der Waals surface area contributed by atoms with Crippen molar-refractivity contribution in [1.29, 1.82) is 0 Å². The van der Waals surface area contributed by atoms with E-state index in [9.17, 15) is 9.59 Å². The van der Waals surface area contributed by atoms with Crippen molar-refractivity contribution in [2.24, 2.45) is 10.2 Å². The van der Waals surface area contributed by atoms with Gasteiger partial charge in [0, 0.05) is 0 Å². The summed E-state index contributed by atoms with van der Waals surface area (Å²) in [5.41, 5.74) is 7.41. The first-order chi connectivity index (χ1) is 24.4. The monoisotopic (exact) mass is 658 g/mol. The largest absolute Gasteiger partial charge is 0.424 e. The van der Waals surface area contributed by atoms with Gasteiger partial charge in [-0.2, -0.15) is 0 Å². The quantitative estimate of drug-likeness (QED) is 0.0745. The van der Waals surface area contributed by atoms with Crippen LogP contribution >= 0.6 is 0 Å². The molecule has 0 N–H and O–H groups in total. The lowest BCUT2D eigenvalue weighted by Gasteiger charge is -2.13. The molecule has 0 aliphatic heterocycles. The summed E-state index contributed by atoms with van der Waals surface area (Å²) in [7, 11) is 0. The van der Waals surface area contributed by atoms with Gasteiger partial charge in [-0.05, 0) is 69.5 Å². The molecule has 248 valence electrons. The van der Waals surface area contributed by atoms with Crippen LogP contribution in [0.25, 0.3) is 22.3 Å². The third-order valence-electron chi connectivity index (χ3n) is 8.56. The van der Waals surface area contributed by atoms with Gasteiger partial charge in [0.2, 0.25) is 0 Å². The van der Waals surface area contributed by atoms with Gasteiger partial charge in [-0.1, -0.05) is 147 Å². The summed E-state index contributed by atoms with van der Waals surface area (Å²) >= 11 is 0. The minimum absolute atomic E-state index is 0.0426. The summed E-state index contributed by atoms with van der Waals surface area (Å²) in [5, 5.41) is 8.74. The maximum Gasteiger partial charge on any atom is 0.311 e. The molecule has 0 bridgehead atoms. The summed E-state index contributed by atoms with van der Waals surface area (Å²) in [6, 6.07) is 50.8. The molecule has 0 saturated carbocycles. The van der Waals surface area contributed by atoms with Crippen LogP contribution in [0.5, 0.6) is 11.5 Å². The first-order valence-electron chi connectivity index (χ1n) is 16.7. The summed E-state index contributed by atoms with van der Waals surface area (Å²) < 4.78 is 11.5. The minimum Gasteiger partial charge on any atom is -0.424 e. The molecule has 6 nitrogen and oxygen atoms in total. The molecule has 0 unspecified atom stereocenters. The van der Waals surface area contributed by atoms with Crippen molar-refractivity contribution in [3.05, 3.63) is 169 Å². The number of rotatable bonds is 12. The van der Waals surface area contributed by atoms with Crippen molar-refractivity contribution >= 4 is 23.3 Å². The maximum atomic E-state index is 13.0. The van der Waals surface area contributed by atoms with Crippen LogP contribution in [0.1, 0.15) is 49.7 Å². The molecule has 2 atom stereocenters. The van der Waals surface area contributed by atoms with Crippen LogP contribution in [0.3, 0.4) is 0 Å². The predicted molar refractivity (Wildman–Crippen MR) is 198 cm³/mol. The molecule has 0 heterocycles. The second-order valence-electron chi connectivity index (χ2n) is 12.3. The molecule has 0 spiro atoms. The van der Waals surface area contributed by atoms with Crippen molar-refractivity contribution in [3.8, 4) is 33.8 Å². The van der Waals surface area contributed by atoms with E-state index in [0.29, 0.717) is 22.9 Å². The van der Waals surface area contributed by atoms with Gasteiger partial charge in [-0.15, -0.1) is 10.2 Å². The standard InChI is InChI=1S/C44H38N2O4/c1-31(33-21-25-37(26-22-33)35-13-5-3-6-14-35)29-43(47)49-41-19-11-9-17-39(41)45-46-40-18-10-12-20-42(40)50-44(48)30-32(2)34-23-27-38(28-24-34)36-15-7-4-8-16-36/h3-28,31-32H,29-30H2,1-2H3/t31-,32+. The molecule has 0 saturated heterocycles. The second-order valence-corrected chi connectivity index (χ2v) is 12.3. The van der Waals surface area contributed by atoms with Gasteiger partial charge in [-0.25, -0.2) is 0 Å². The Morgan fingerprint density at radius 2 is 0.760 bits per heavy atom. The van der Waals surface area contributed by atoms with E-state index in [0.717, 1.165) is 33.4 Å². The summed E-state index contributed by atoms with van der Waals surface area (Å²) in [6.45, 7) is 4.01. The van der Waals surface area contributed by atoms with E-state index in [4.69, 9.17) is 9.47 Å². The van der Waals surface area contributed by atoms with Crippen molar-refractivity contribution in [3.63, 3.8) is 0 Å². The van der Waals surface area contributed by atoms with Crippen LogP contribution < -0.4 is 9.47 Å². The maximum absolute atomic E-state index is 13.0. The van der Waals surface area contributed by atoms with Gasteiger partial charge in [0.15, 0.2) is 11.5 Å². The average molecular weight is 659 g/mol. The lowest BCUT2D eigenvalue weighted by atomic mass is 9.95. The normalized spacial score (nSPS) is 12.3. The Morgan fingerprint density at radius 3 is 1.14 bits per heavy atom. The van der Waals surface area contributed by atoms with Gasteiger partial charge < -0.3 is 9.47 Å². The Hall–Kier alpha value is -6.14. The number of esters is 2. The van der Waals surface area contributed by atoms with Crippen molar-refractivity contribution in [2.45, 2.75) is 38.5 Å². The van der Waals surface area contributed by atoms with Crippen LogP contribution in [0, 0.1) is 0 Å². The van der Waals surface area contributed by atoms with E-state index in [1.165, 1.54) is 0 Å². The van der Waals surface area contributed by atoms with E-state index in [1.807, 2.05) is 50.2 Å². The van der Waals surface area contributed by atoms with E-state index < -0.39 is 0 Å². The van der Waals surface area contributed by atoms with Crippen molar-refractivity contribution in [1.82, 2.24) is 0 Å². The smallest absolute Gasteiger partial charge is 0.311 e. The fraction of sp³-hybridized carbons (Fsp3) is 0.136. The average Bonchev–Trinajstić information content (AvgIpc) is 3.15. The molecule has 6 rings (SSSR count). The zero-order chi connectivity index (χ0) is 34.7. The van der Waals surface area contributed by atoms with Gasteiger partial charge in [0.05, 0.1) is 12.8 Å². The zero-order valence-electron chi connectivity index (χ0n) is 28.1. The number of carbonyl (C=O) groups is 2. The number of para-hydroxylation sites is 2. The number of hydrogen-bond donors (Lipinski definition) is 0. The van der Waals surface area contributed by atoms with E-state index in [1.54, 1.807) is 48.5 Å². The Labute approximate surface area is 293 Å². The fourth-order valence-electron chi connectivity index (χ4n) is 5.69. The highest BCUT2D eigenvalue weighted by molar-refractivity contribution is 5.76. The molecule has 0 radical (unpaired) electrons. The Balaban J connectivity index is 1.06. The topological polar surface area (TPSA) is 77.3 Å². The molecule has 0 aliphatic rings. The number of benzene rings is 6. The zero-order valence-corrected chi connectivity index (χ0v) is 28.1. The Bertz CT molecular complexity index is 1910. The molecule has 6 aromatic rings. The van der Waals surface area contributed by atoms with E-state index >= 15 is 0 Å². The van der Waals surface area contributed by atoms with E-state index in [2.05, 4.69) is 83.0 Å². The van der Waals surface area contributed by atoms with Crippen molar-refractivity contribution in [2.75, 3.05) is 0 Å². The van der Waals surface area contributed by atoms with Crippen LogP contribution in [0.4, 0.5) is 11.4 Å². The summed E-state index contributed by atoms with van der Waals surface area (Å²) in [4.78, 5) is 26.0. The molecule has 0 aromatic heterocycles. The molecular formula is C44H38N2O4. The van der Waals surface area contributed by atoms with Crippen LogP contribution in [0.15, 0.2) is 168 Å². The Kier molecular flexibility index (Phi) is 11.0. The molecule has 0 aliphatic carbocycles. The first-order valence-corrected chi connectivity index (χ1v) is 16.7. The molecular weight excluding hydrogens is 620 g/mol. The summed E-state index contributed by atoms with van der Waals surface area (Å²) in [6.07, 6.45) is 0.398.